The van der Waals surface area contributed by atoms with Gasteiger partial charge >= 0.3 is 0 Å². The molecule has 2 N–H and O–H groups in total. The van der Waals surface area contributed by atoms with E-state index in [9.17, 15) is 14.3 Å². The van der Waals surface area contributed by atoms with E-state index in [1.54, 1.807) is 19.9 Å². The zero-order valence-electron chi connectivity index (χ0n) is 11.2. The number of nitrogens with one attached hydrogen (secondary N) is 1. The SMILES string of the molecule is Cc1ccc(F)c(C(=O)NCC(C)(O)C(C)C)c1. The van der Waals surface area contributed by atoms with Gasteiger partial charge in [-0.3, -0.25) is 4.79 Å². The Morgan fingerprint density at radius 2 is 2.11 bits per heavy atom. The number of aryl methyl sites for hydroxylation is 1. The summed E-state index contributed by atoms with van der Waals surface area (Å²) in [6, 6.07) is 4.37. The van der Waals surface area contributed by atoms with Crippen molar-refractivity contribution in [3.05, 3.63) is 35.1 Å². The molecule has 1 unspecified atom stereocenters. The summed E-state index contributed by atoms with van der Waals surface area (Å²) in [4.78, 5) is 11.8. The summed E-state index contributed by atoms with van der Waals surface area (Å²) >= 11 is 0. The summed E-state index contributed by atoms with van der Waals surface area (Å²) in [6.07, 6.45) is 0. The molecule has 0 fully saturated rings. The first-order valence-corrected chi connectivity index (χ1v) is 6.01. The van der Waals surface area contributed by atoms with Gasteiger partial charge in [0.05, 0.1) is 11.2 Å². The number of carbonyl (C=O) groups excluding carboxylic acids is 1. The van der Waals surface area contributed by atoms with Crippen LogP contribution in [-0.4, -0.2) is 23.2 Å². The maximum Gasteiger partial charge on any atom is 0.254 e. The van der Waals surface area contributed by atoms with Gasteiger partial charge in [-0.05, 0) is 31.9 Å². The van der Waals surface area contributed by atoms with Crippen LogP contribution in [0.3, 0.4) is 0 Å². The Labute approximate surface area is 107 Å². The van der Waals surface area contributed by atoms with Crippen LogP contribution in [0.1, 0.15) is 36.7 Å². The number of hydrogen-bond acceptors (Lipinski definition) is 2. The second-order valence-corrected chi connectivity index (χ2v) is 5.18. The van der Waals surface area contributed by atoms with E-state index >= 15 is 0 Å². The predicted molar refractivity (Wildman–Crippen MR) is 68.9 cm³/mol. The lowest BCUT2D eigenvalue weighted by Gasteiger charge is -2.27. The van der Waals surface area contributed by atoms with Crippen LogP contribution in [0.5, 0.6) is 0 Å². The monoisotopic (exact) mass is 253 g/mol. The lowest BCUT2D eigenvalue weighted by molar-refractivity contribution is 0.0142. The molecule has 1 amide bonds. The maximum atomic E-state index is 13.5. The second kappa shape index (κ2) is 5.48. The molecule has 1 aromatic carbocycles. The lowest BCUT2D eigenvalue weighted by Crippen LogP contribution is -2.44. The summed E-state index contributed by atoms with van der Waals surface area (Å²) < 4.78 is 13.5. The highest BCUT2D eigenvalue weighted by Crippen LogP contribution is 2.15. The standard InChI is InChI=1S/C14H20FNO2/c1-9(2)14(4,18)8-16-13(17)11-7-10(3)5-6-12(11)15/h5-7,9,18H,8H2,1-4H3,(H,16,17). The van der Waals surface area contributed by atoms with Crippen molar-refractivity contribution in [2.75, 3.05) is 6.54 Å². The topological polar surface area (TPSA) is 49.3 Å². The van der Waals surface area contributed by atoms with Crippen molar-refractivity contribution in [3.8, 4) is 0 Å². The maximum absolute atomic E-state index is 13.5. The van der Waals surface area contributed by atoms with E-state index in [4.69, 9.17) is 0 Å². The van der Waals surface area contributed by atoms with Gasteiger partial charge in [-0.2, -0.15) is 0 Å². The molecule has 0 spiro atoms. The molecule has 0 saturated carbocycles. The number of carbonyl (C=O) groups is 1. The lowest BCUT2D eigenvalue weighted by atomic mass is 9.92. The van der Waals surface area contributed by atoms with Gasteiger partial charge in [0.25, 0.3) is 5.91 Å². The molecule has 3 nitrogen and oxygen atoms in total. The summed E-state index contributed by atoms with van der Waals surface area (Å²) in [5.41, 5.74) is -0.178. The normalized spacial score (nSPS) is 14.4. The van der Waals surface area contributed by atoms with Gasteiger partial charge in [-0.1, -0.05) is 25.5 Å². The average Bonchev–Trinajstić information content (AvgIpc) is 2.29. The minimum atomic E-state index is -1.00. The van der Waals surface area contributed by atoms with Gasteiger partial charge in [0.15, 0.2) is 0 Å². The first-order chi connectivity index (χ1) is 8.24. The smallest absolute Gasteiger partial charge is 0.254 e. The minimum Gasteiger partial charge on any atom is -0.388 e. The van der Waals surface area contributed by atoms with Gasteiger partial charge in [0.1, 0.15) is 5.82 Å². The van der Waals surface area contributed by atoms with Gasteiger partial charge < -0.3 is 10.4 Å². The summed E-state index contributed by atoms with van der Waals surface area (Å²) in [6.45, 7) is 7.25. The van der Waals surface area contributed by atoms with E-state index in [0.717, 1.165) is 5.56 Å². The van der Waals surface area contributed by atoms with Gasteiger partial charge in [-0.25, -0.2) is 4.39 Å². The Balaban J connectivity index is 2.75. The highest BCUT2D eigenvalue weighted by molar-refractivity contribution is 5.94. The second-order valence-electron chi connectivity index (χ2n) is 5.18. The van der Waals surface area contributed by atoms with Crippen LogP contribution in [0, 0.1) is 18.7 Å². The quantitative estimate of drug-likeness (QED) is 0.864. The van der Waals surface area contributed by atoms with E-state index < -0.39 is 17.3 Å². The third kappa shape index (κ3) is 3.53. The molecule has 0 radical (unpaired) electrons. The van der Waals surface area contributed by atoms with Gasteiger partial charge in [0.2, 0.25) is 0 Å². The minimum absolute atomic E-state index is 0.000145. The van der Waals surface area contributed by atoms with Crippen LogP contribution in [0.2, 0.25) is 0 Å². The number of rotatable bonds is 4. The van der Waals surface area contributed by atoms with Crippen LogP contribution in [0.25, 0.3) is 0 Å². The fourth-order valence-corrected chi connectivity index (χ4v) is 1.37. The van der Waals surface area contributed by atoms with E-state index in [0.29, 0.717) is 0 Å². The summed E-state index contributed by atoms with van der Waals surface area (Å²) in [5.74, 6) is -1.06. The molecular weight excluding hydrogens is 233 g/mol. The van der Waals surface area contributed by atoms with Crippen molar-refractivity contribution >= 4 is 5.91 Å². The third-order valence-electron chi connectivity index (χ3n) is 3.22. The number of halogens is 1. The number of aliphatic hydroxyl groups is 1. The Bertz CT molecular complexity index is 441. The first kappa shape index (κ1) is 14.6. The fraction of sp³-hybridized carbons (Fsp3) is 0.500. The van der Waals surface area contributed by atoms with Crippen molar-refractivity contribution in [1.82, 2.24) is 5.32 Å². The predicted octanol–water partition coefficient (Wildman–Crippen LogP) is 2.27. The zero-order valence-corrected chi connectivity index (χ0v) is 11.2. The van der Waals surface area contributed by atoms with Crippen molar-refractivity contribution in [1.29, 1.82) is 0 Å². The molecule has 0 heterocycles. The summed E-state index contributed by atoms with van der Waals surface area (Å²) in [5, 5.41) is 12.6. The Morgan fingerprint density at radius 1 is 1.50 bits per heavy atom. The van der Waals surface area contributed by atoms with E-state index in [2.05, 4.69) is 5.32 Å². The zero-order chi connectivity index (χ0) is 13.9. The Hall–Kier alpha value is -1.42. The molecule has 0 aliphatic rings. The van der Waals surface area contributed by atoms with Gasteiger partial charge in [-0.15, -0.1) is 0 Å². The van der Waals surface area contributed by atoms with Gasteiger partial charge in [0, 0.05) is 6.54 Å². The van der Waals surface area contributed by atoms with Crippen LogP contribution >= 0.6 is 0 Å². The Kier molecular flexibility index (Phi) is 4.46. The van der Waals surface area contributed by atoms with Crippen LogP contribution < -0.4 is 5.32 Å². The molecule has 1 aromatic rings. The molecule has 18 heavy (non-hydrogen) atoms. The fourth-order valence-electron chi connectivity index (χ4n) is 1.37. The molecule has 1 rings (SSSR count). The number of hydrogen-bond donors (Lipinski definition) is 2. The van der Waals surface area contributed by atoms with Crippen LogP contribution in [-0.2, 0) is 0 Å². The highest BCUT2D eigenvalue weighted by Gasteiger charge is 2.26. The Morgan fingerprint density at radius 3 is 2.67 bits per heavy atom. The molecule has 0 aromatic heterocycles. The molecule has 0 saturated heterocycles. The highest BCUT2D eigenvalue weighted by atomic mass is 19.1. The third-order valence-corrected chi connectivity index (χ3v) is 3.22. The largest absolute Gasteiger partial charge is 0.388 e. The summed E-state index contributed by atoms with van der Waals surface area (Å²) in [7, 11) is 0. The molecular formula is C14H20FNO2. The number of benzene rings is 1. The molecule has 0 bridgehead atoms. The van der Waals surface area contributed by atoms with Crippen molar-refractivity contribution in [2.45, 2.75) is 33.3 Å². The van der Waals surface area contributed by atoms with Crippen LogP contribution in [0.15, 0.2) is 18.2 Å². The van der Waals surface area contributed by atoms with E-state index in [1.807, 2.05) is 13.8 Å². The molecule has 100 valence electrons. The average molecular weight is 253 g/mol. The molecule has 1 atom stereocenters. The molecule has 4 heteroatoms. The van der Waals surface area contributed by atoms with Crippen LogP contribution in [0.4, 0.5) is 4.39 Å². The number of amides is 1. The van der Waals surface area contributed by atoms with Crippen molar-refractivity contribution < 1.29 is 14.3 Å². The first-order valence-electron chi connectivity index (χ1n) is 6.01. The molecule has 0 aliphatic heterocycles. The van der Waals surface area contributed by atoms with E-state index in [1.165, 1.54) is 12.1 Å². The van der Waals surface area contributed by atoms with Crippen molar-refractivity contribution in [2.24, 2.45) is 5.92 Å². The molecule has 0 aliphatic carbocycles. The van der Waals surface area contributed by atoms with E-state index in [-0.39, 0.29) is 18.0 Å². The van der Waals surface area contributed by atoms with Crippen molar-refractivity contribution in [3.63, 3.8) is 0 Å².